The lowest BCUT2D eigenvalue weighted by Crippen LogP contribution is -2.32. The minimum atomic E-state index is -0.307. The molecule has 142 valence electrons. The van der Waals surface area contributed by atoms with Crippen molar-refractivity contribution in [1.29, 1.82) is 0 Å². The highest BCUT2D eigenvalue weighted by atomic mass is 19.1. The van der Waals surface area contributed by atoms with Gasteiger partial charge in [-0.3, -0.25) is 14.9 Å². The largest absolute Gasteiger partial charge is 0.325 e. The number of anilines is 1. The highest BCUT2D eigenvalue weighted by Gasteiger charge is 2.15. The number of hydrogen-bond acceptors (Lipinski definition) is 3. The van der Waals surface area contributed by atoms with Gasteiger partial charge in [0, 0.05) is 11.3 Å². The number of carbonyl (C=O) groups excluding carboxylic acids is 2. The molecular weight excluding hydrogens is 355 g/mol. The second kappa shape index (κ2) is 9.06. The molecule has 1 atom stereocenters. The summed E-state index contributed by atoms with van der Waals surface area (Å²) in [5, 5.41) is 6.02. The molecule has 0 fully saturated rings. The van der Waals surface area contributed by atoms with Crippen molar-refractivity contribution >= 4 is 17.4 Å². The summed E-state index contributed by atoms with van der Waals surface area (Å²) >= 11 is 0. The average molecular weight is 376 g/mol. The van der Waals surface area contributed by atoms with Gasteiger partial charge in [-0.25, -0.2) is 4.39 Å². The molecule has 0 aromatic heterocycles. The Hall–Kier alpha value is -3.31. The Labute approximate surface area is 163 Å². The van der Waals surface area contributed by atoms with Crippen LogP contribution in [-0.2, 0) is 4.79 Å². The van der Waals surface area contributed by atoms with Crippen molar-refractivity contribution < 1.29 is 14.0 Å². The summed E-state index contributed by atoms with van der Waals surface area (Å²) < 4.78 is 13.3. The van der Waals surface area contributed by atoms with Crippen molar-refractivity contribution in [3.8, 4) is 0 Å². The quantitative estimate of drug-likeness (QED) is 0.603. The SMILES string of the molecule is CC(=O)c1cccc(NC(=O)CNC(c2ccccc2)c2ccc(F)cc2)c1. The Kier molecular flexibility index (Phi) is 6.29. The third kappa shape index (κ3) is 5.11. The summed E-state index contributed by atoms with van der Waals surface area (Å²) in [6, 6.07) is 22.4. The summed E-state index contributed by atoms with van der Waals surface area (Å²) in [5.74, 6) is -0.600. The molecule has 3 aromatic rings. The Morgan fingerprint density at radius 1 is 0.893 bits per heavy atom. The predicted molar refractivity (Wildman–Crippen MR) is 108 cm³/mol. The molecule has 28 heavy (non-hydrogen) atoms. The standard InChI is InChI=1S/C23H21FN2O2/c1-16(27)19-8-5-9-21(14-19)26-22(28)15-25-23(17-6-3-2-4-7-17)18-10-12-20(24)13-11-18/h2-14,23,25H,15H2,1H3,(H,26,28). The third-order valence-electron chi connectivity index (χ3n) is 4.36. The van der Waals surface area contributed by atoms with Crippen LogP contribution in [0.4, 0.5) is 10.1 Å². The summed E-state index contributed by atoms with van der Waals surface area (Å²) in [6.45, 7) is 1.54. The monoisotopic (exact) mass is 376 g/mol. The molecule has 0 aliphatic rings. The van der Waals surface area contributed by atoms with Gasteiger partial charge in [0.25, 0.3) is 0 Å². The summed E-state index contributed by atoms with van der Waals surface area (Å²) in [5.41, 5.74) is 2.94. The van der Waals surface area contributed by atoms with E-state index in [9.17, 15) is 14.0 Å². The van der Waals surface area contributed by atoms with Crippen molar-refractivity contribution in [1.82, 2.24) is 5.32 Å². The maximum atomic E-state index is 13.3. The zero-order chi connectivity index (χ0) is 19.9. The number of rotatable bonds is 7. The zero-order valence-corrected chi connectivity index (χ0v) is 15.5. The van der Waals surface area contributed by atoms with E-state index in [0.717, 1.165) is 11.1 Å². The van der Waals surface area contributed by atoms with Crippen LogP contribution in [0.25, 0.3) is 0 Å². The molecule has 0 aliphatic heterocycles. The van der Waals surface area contributed by atoms with Gasteiger partial charge in [-0.15, -0.1) is 0 Å². The molecule has 0 aliphatic carbocycles. The number of halogens is 1. The van der Waals surface area contributed by atoms with E-state index in [1.54, 1.807) is 36.4 Å². The summed E-state index contributed by atoms with van der Waals surface area (Å²) in [6.07, 6.45) is 0. The van der Waals surface area contributed by atoms with Gasteiger partial charge in [0.2, 0.25) is 5.91 Å². The molecule has 4 nitrogen and oxygen atoms in total. The van der Waals surface area contributed by atoms with Crippen molar-refractivity contribution in [2.45, 2.75) is 13.0 Å². The molecule has 0 radical (unpaired) electrons. The fourth-order valence-electron chi connectivity index (χ4n) is 2.94. The van der Waals surface area contributed by atoms with Gasteiger partial charge in [-0.1, -0.05) is 54.6 Å². The maximum absolute atomic E-state index is 13.3. The van der Waals surface area contributed by atoms with Crippen LogP contribution >= 0.6 is 0 Å². The number of ketones is 1. The van der Waals surface area contributed by atoms with E-state index in [1.807, 2.05) is 30.3 Å². The molecule has 0 saturated heterocycles. The van der Waals surface area contributed by atoms with E-state index in [0.29, 0.717) is 11.3 Å². The number of Topliss-reactive ketones (excluding diaryl/α,β-unsaturated/α-hetero) is 1. The smallest absolute Gasteiger partial charge is 0.238 e. The lowest BCUT2D eigenvalue weighted by atomic mass is 9.98. The highest BCUT2D eigenvalue weighted by molar-refractivity contribution is 5.97. The van der Waals surface area contributed by atoms with Crippen LogP contribution in [0.1, 0.15) is 34.5 Å². The molecule has 1 amide bonds. The van der Waals surface area contributed by atoms with E-state index in [2.05, 4.69) is 10.6 Å². The maximum Gasteiger partial charge on any atom is 0.238 e. The molecule has 3 rings (SSSR count). The molecule has 5 heteroatoms. The van der Waals surface area contributed by atoms with Crippen molar-refractivity contribution in [3.05, 3.63) is 101 Å². The molecule has 0 heterocycles. The molecule has 1 unspecified atom stereocenters. The van der Waals surface area contributed by atoms with E-state index in [4.69, 9.17) is 0 Å². The average Bonchev–Trinajstić information content (AvgIpc) is 2.70. The first-order chi connectivity index (χ1) is 13.5. The predicted octanol–water partition coefficient (Wildman–Crippen LogP) is 4.35. The van der Waals surface area contributed by atoms with Gasteiger partial charge in [0.05, 0.1) is 12.6 Å². The molecule has 0 spiro atoms. The number of carbonyl (C=O) groups is 2. The first-order valence-corrected chi connectivity index (χ1v) is 8.97. The second-order valence-electron chi connectivity index (χ2n) is 6.46. The van der Waals surface area contributed by atoms with E-state index >= 15 is 0 Å². The van der Waals surface area contributed by atoms with Gasteiger partial charge in [0.15, 0.2) is 5.78 Å². The molecule has 2 N–H and O–H groups in total. The summed E-state index contributed by atoms with van der Waals surface area (Å²) in [7, 11) is 0. The third-order valence-corrected chi connectivity index (χ3v) is 4.36. The van der Waals surface area contributed by atoms with Crippen LogP contribution in [0, 0.1) is 5.82 Å². The van der Waals surface area contributed by atoms with Crippen molar-refractivity contribution in [2.24, 2.45) is 0 Å². The van der Waals surface area contributed by atoms with Crippen LogP contribution < -0.4 is 10.6 Å². The van der Waals surface area contributed by atoms with E-state index in [-0.39, 0.29) is 30.1 Å². The lowest BCUT2D eigenvalue weighted by Gasteiger charge is -2.20. The second-order valence-corrected chi connectivity index (χ2v) is 6.46. The van der Waals surface area contributed by atoms with Gasteiger partial charge in [-0.2, -0.15) is 0 Å². The van der Waals surface area contributed by atoms with Crippen molar-refractivity contribution in [3.63, 3.8) is 0 Å². The Morgan fingerprint density at radius 3 is 2.25 bits per heavy atom. The normalized spacial score (nSPS) is 11.6. The zero-order valence-electron chi connectivity index (χ0n) is 15.5. The summed E-state index contributed by atoms with van der Waals surface area (Å²) in [4.78, 5) is 23.9. The fraction of sp³-hybridized carbons (Fsp3) is 0.130. The first kappa shape index (κ1) is 19.5. The Morgan fingerprint density at radius 2 is 1.57 bits per heavy atom. The topological polar surface area (TPSA) is 58.2 Å². The minimum Gasteiger partial charge on any atom is -0.325 e. The van der Waals surface area contributed by atoms with Crippen LogP contribution in [0.15, 0.2) is 78.9 Å². The number of amides is 1. The van der Waals surface area contributed by atoms with Gasteiger partial charge in [-0.05, 0) is 42.3 Å². The molecule has 0 bridgehead atoms. The lowest BCUT2D eigenvalue weighted by molar-refractivity contribution is -0.115. The molecule has 0 saturated carbocycles. The molecule has 3 aromatic carbocycles. The van der Waals surface area contributed by atoms with Crippen LogP contribution in [-0.4, -0.2) is 18.2 Å². The minimum absolute atomic E-state index is 0.0568. The number of hydrogen-bond donors (Lipinski definition) is 2. The number of nitrogens with one attached hydrogen (secondary N) is 2. The fourth-order valence-corrected chi connectivity index (χ4v) is 2.94. The van der Waals surface area contributed by atoms with Crippen LogP contribution in [0.2, 0.25) is 0 Å². The van der Waals surface area contributed by atoms with Gasteiger partial charge in [0.1, 0.15) is 5.82 Å². The van der Waals surface area contributed by atoms with Gasteiger partial charge < -0.3 is 5.32 Å². The van der Waals surface area contributed by atoms with E-state index < -0.39 is 0 Å². The van der Waals surface area contributed by atoms with Crippen LogP contribution in [0.3, 0.4) is 0 Å². The van der Waals surface area contributed by atoms with Crippen molar-refractivity contribution in [2.75, 3.05) is 11.9 Å². The Balaban J connectivity index is 1.71. The van der Waals surface area contributed by atoms with Gasteiger partial charge >= 0.3 is 0 Å². The number of benzene rings is 3. The first-order valence-electron chi connectivity index (χ1n) is 8.97. The van der Waals surface area contributed by atoms with Crippen LogP contribution in [0.5, 0.6) is 0 Å². The van der Waals surface area contributed by atoms with E-state index in [1.165, 1.54) is 19.1 Å². The Bertz CT molecular complexity index is 956. The highest BCUT2D eigenvalue weighted by Crippen LogP contribution is 2.22. The molecular formula is C23H21FN2O2.